The summed E-state index contributed by atoms with van der Waals surface area (Å²) in [5.74, 6) is 6.17. The highest BCUT2D eigenvalue weighted by molar-refractivity contribution is 5.35. The Kier molecular flexibility index (Phi) is 6.53. The molecule has 3 saturated carbocycles. The molecule has 4 aliphatic rings. The Bertz CT molecular complexity index is 691. The lowest BCUT2D eigenvalue weighted by atomic mass is 9.47. The normalized spacial score (nSPS) is 45.7. The Balaban J connectivity index is 1.59. The summed E-state index contributed by atoms with van der Waals surface area (Å²) in [7, 11) is 0. The second kappa shape index (κ2) is 8.48. The third kappa shape index (κ3) is 3.77. The second-order valence-corrected chi connectivity index (χ2v) is 13.6. The minimum Gasteiger partial charge on any atom is -0.393 e. The highest BCUT2D eigenvalue weighted by Crippen LogP contribution is 2.66. The molecule has 4 aliphatic carbocycles. The first kappa shape index (κ1) is 23.8. The molecule has 3 fully saturated rings. The van der Waals surface area contributed by atoms with E-state index >= 15 is 0 Å². The highest BCUT2D eigenvalue weighted by Gasteiger charge is 2.57. The van der Waals surface area contributed by atoms with Crippen LogP contribution in [0.15, 0.2) is 11.1 Å². The van der Waals surface area contributed by atoms with Crippen LogP contribution in [0.1, 0.15) is 113 Å². The van der Waals surface area contributed by atoms with Gasteiger partial charge in [-0.2, -0.15) is 0 Å². The summed E-state index contributed by atoms with van der Waals surface area (Å²) in [6.07, 6.45) is 11.8. The summed E-state index contributed by atoms with van der Waals surface area (Å²) >= 11 is 0. The van der Waals surface area contributed by atoms with Crippen molar-refractivity contribution in [1.29, 1.82) is 0 Å². The van der Waals surface area contributed by atoms with Gasteiger partial charge in [-0.15, -0.1) is 0 Å². The molecule has 0 aromatic carbocycles. The summed E-state index contributed by atoms with van der Waals surface area (Å²) < 4.78 is 0. The molecule has 4 rings (SSSR count). The number of fused-ring (bicyclic) bond motifs is 4. The first-order valence-electron chi connectivity index (χ1n) is 13.9. The van der Waals surface area contributed by atoms with E-state index in [0.717, 1.165) is 47.8 Å². The molecule has 1 N–H and O–H groups in total. The van der Waals surface area contributed by atoms with Crippen LogP contribution < -0.4 is 0 Å². The Hall–Kier alpha value is -0.300. The van der Waals surface area contributed by atoms with Gasteiger partial charge in [0.2, 0.25) is 0 Å². The maximum atomic E-state index is 10.6. The predicted molar refractivity (Wildman–Crippen MR) is 133 cm³/mol. The van der Waals surface area contributed by atoms with Crippen LogP contribution in [0.5, 0.6) is 0 Å². The average molecular weight is 429 g/mol. The van der Waals surface area contributed by atoms with E-state index < -0.39 is 0 Å². The van der Waals surface area contributed by atoms with Crippen molar-refractivity contribution in [2.75, 3.05) is 0 Å². The lowest BCUT2D eigenvalue weighted by Gasteiger charge is -2.58. The fourth-order valence-corrected chi connectivity index (χ4v) is 9.67. The number of allylic oxidation sites excluding steroid dienone is 2. The van der Waals surface area contributed by atoms with Gasteiger partial charge >= 0.3 is 0 Å². The molecule has 0 heterocycles. The molecule has 0 aromatic rings. The maximum absolute atomic E-state index is 10.6. The molecule has 1 heteroatoms. The monoisotopic (exact) mass is 428 g/mol. The summed E-state index contributed by atoms with van der Waals surface area (Å²) in [4.78, 5) is 0. The fraction of sp³-hybridized carbons (Fsp3) is 0.933. The Labute approximate surface area is 193 Å². The molecule has 0 bridgehead atoms. The summed E-state index contributed by atoms with van der Waals surface area (Å²) in [5.41, 5.74) is 4.72. The van der Waals surface area contributed by atoms with E-state index in [1.807, 2.05) is 11.1 Å². The van der Waals surface area contributed by atoms with Gasteiger partial charge in [-0.3, -0.25) is 0 Å². The van der Waals surface area contributed by atoms with Crippen LogP contribution in [-0.2, 0) is 0 Å². The quantitative estimate of drug-likeness (QED) is 0.437. The molecule has 0 unspecified atom stereocenters. The van der Waals surface area contributed by atoms with E-state index in [1.165, 1.54) is 51.4 Å². The number of rotatable bonds is 5. The van der Waals surface area contributed by atoms with Crippen molar-refractivity contribution in [1.82, 2.24) is 0 Å². The fourth-order valence-electron chi connectivity index (χ4n) is 9.67. The first-order chi connectivity index (χ1) is 14.5. The minimum absolute atomic E-state index is 0.0628. The van der Waals surface area contributed by atoms with E-state index in [2.05, 4.69) is 55.4 Å². The van der Waals surface area contributed by atoms with Gasteiger partial charge in [0.05, 0.1) is 6.10 Å². The molecule has 0 aromatic heterocycles. The van der Waals surface area contributed by atoms with Crippen molar-refractivity contribution in [3.8, 4) is 0 Å². The lowest BCUT2D eigenvalue weighted by molar-refractivity contribution is -0.0782. The van der Waals surface area contributed by atoms with Gasteiger partial charge in [0.15, 0.2) is 0 Å². The van der Waals surface area contributed by atoms with Crippen molar-refractivity contribution in [3.63, 3.8) is 0 Å². The first-order valence-corrected chi connectivity index (χ1v) is 13.9. The Morgan fingerprint density at radius 2 is 1.65 bits per heavy atom. The number of aliphatic hydroxyl groups excluding tert-OH is 1. The summed E-state index contributed by atoms with van der Waals surface area (Å²) in [5, 5.41) is 10.6. The van der Waals surface area contributed by atoms with Crippen molar-refractivity contribution >= 4 is 0 Å². The maximum Gasteiger partial charge on any atom is 0.0568 e. The van der Waals surface area contributed by atoms with Crippen LogP contribution in [0.4, 0.5) is 0 Å². The molecule has 178 valence electrons. The second-order valence-electron chi connectivity index (χ2n) is 13.6. The smallest absolute Gasteiger partial charge is 0.0568 e. The van der Waals surface area contributed by atoms with Crippen LogP contribution in [0, 0.1) is 58.2 Å². The average Bonchev–Trinajstić information content (AvgIpc) is 3.06. The third-order valence-electron chi connectivity index (χ3n) is 11.8. The molecule has 0 aliphatic heterocycles. The number of hydrogen-bond donors (Lipinski definition) is 1. The molecule has 0 amide bonds. The molecule has 31 heavy (non-hydrogen) atoms. The van der Waals surface area contributed by atoms with Crippen LogP contribution >= 0.6 is 0 Å². The van der Waals surface area contributed by atoms with Crippen LogP contribution in [0.25, 0.3) is 0 Å². The predicted octanol–water partition coefficient (Wildman–Crippen LogP) is 8.27. The van der Waals surface area contributed by atoms with Crippen LogP contribution in [0.3, 0.4) is 0 Å². The Morgan fingerprint density at radius 1 is 0.935 bits per heavy atom. The minimum atomic E-state index is -0.0628. The lowest BCUT2D eigenvalue weighted by Crippen LogP contribution is -2.51. The van der Waals surface area contributed by atoms with Gasteiger partial charge in [0.25, 0.3) is 0 Å². The van der Waals surface area contributed by atoms with Crippen molar-refractivity contribution in [3.05, 3.63) is 11.1 Å². The molecule has 0 radical (unpaired) electrons. The van der Waals surface area contributed by atoms with Gasteiger partial charge in [-0.05, 0) is 116 Å². The summed E-state index contributed by atoms with van der Waals surface area (Å²) in [6, 6.07) is 0. The topological polar surface area (TPSA) is 20.2 Å². The van der Waals surface area contributed by atoms with Crippen molar-refractivity contribution < 1.29 is 5.11 Å². The highest BCUT2D eigenvalue weighted by atomic mass is 16.3. The van der Waals surface area contributed by atoms with Gasteiger partial charge in [0.1, 0.15) is 0 Å². The third-order valence-corrected chi connectivity index (χ3v) is 11.8. The number of aliphatic hydroxyl groups is 1. The van der Waals surface area contributed by atoms with Crippen LogP contribution in [-0.4, -0.2) is 11.2 Å². The van der Waals surface area contributed by atoms with E-state index in [0.29, 0.717) is 16.7 Å². The van der Waals surface area contributed by atoms with Crippen molar-refractivity contribution in [2.24, 2.45) is 58.2 Å². The van der Waals surface area contributed by atoms with Gasteiger partial charge < -0.3 is 5.11 Å². The van der Waals surface area contributed by atoms with E-state index in [1.54, 1.807) is 0 Å². The zero-order valence-corrected chi connectivity index (χ0v) is 22.0. The largest absolute Gasteiger partial charge is 0.393 e. The van der Waals surface area contributed by atoms with Crippen molar-refractivity contribution in [2.45, 2.75) is 119 Å². The Morgan fingerprint density at radius 3 is 2.32 bits per heavy atom. The van der Waals surface area contributed by atoms with Gasteiger partial charge in [-0.1, -0.05) is 66.5 Å². The van der Waals surface area contributed by atoms with E-state index in [4.69, 9.17) is 0 Å². The summed E-state index contributed by atoms with van der Waals surface area (Å²) in [6.45, 7) is 20.0. The molecule has 0 spiro atoms. The number of hydrogen-bond acceptors (Lipinski definition) is 1. The van der Waals surface area contributed by atoms with E-state index in [9.17, 15) is 5.11 Å². The molecule has 1 nitrogen and oxygen atoms in total. The van der Waals surface area contributed by atoms with Gasteiger partial charge in [-0.25, -0.2) is 0 Å². The zero-order chi connectivity index (χ0) is 22.7. The standard InChI is InChI=1S/C30H52O/c1-18(2)17-19(3)20(4)21(5)24-11-12-26-23-9-10-25-22(6)28(31)14-16-30(25,8)27(23)13-15-29(24,26)7/h18-22,24-25,27-28,31H,9-17H2,1-8H3/t19-,20-,21+,22-,24+,25-,27-,28-,29+,30-/m0/s1. The SMILES string of the molecule is CC(C)C[C@H](C)[C@H](C)[C@@H](C)[C@H]1CCC2=C3CC[C@H]4[C@H](C)[C@@H](O)CC[C@]4(C)[C@H]3CC[C@@]21C. The molecular formula is C30H52O. The zero-order valence-electron chi connectivity index (χ0n) is 22.0. The molecular weight excluding hydrogens is 376 g/mol. The van der Waals surface area contributed by atoms with Gasteiger partial charge in [0, 0.05) is 0 Å². The van der Waals surface area contributed by atoms with E-state index in [-0.39, 0.29) is 6.10 Å². The molecule has 10 atom stereocenters. The van der Waals surface area contributed by atoms with Crippen LogP contribution in [0.2, 0.25) is 0 Å². The molecule has 0 saturated heterocycles.